The maximum absolute atomic E-state index is 6.11. The zero-order valence-electron chi connectivity index (χ0n) is 17.8. The molecule has 0 N–H and O–H groups in total. The van der Waals surface area contributed by atoms with E-state index in [4.69, 9.17) is 14.1 Å². The van der Waals surface area contributed by atoms with E-state index in [9.17, 15) is 0 Å². The Hall–Kier alpha value is -3.06. The van der Waals surface area contributed by atoms with Crippen molar-refractivity contribution in [2.24, 2.45) is 0 Å². The molecule has 0 unspecified atom stereocenters. The molecule has 0 radical (unpaired) electrons. The van der Waals surface area contributed by atoms with Crippen molar-refractivity contribution < 1.29 is 9.15 Å². The van der Waals surface area contributed by atoms with Crippen LogP contribution in [0.4, 0.5) is 6.01 Å². The van der Waals surface area contributed by atoms with Gasteiger partial charge in [0.2, 0.25) is 5.89 Å². The Kier molecular flexibility index (Phi) is 4.21. The van der Waals surface area contributed by atoms with Gasteiger partial charge in [0, 0.05) is 29.8 Å². The summed E-state index contributed by atoms with van der Waals surface area (Å²) >= 11 is 0. The highest BCUT2D eigenvalue weighted by atomic mass is 16.5. The summed E-state index contributed by atoms with van der Waals surface area (Å²) in [6.07, 6.45) is 9.35. The Morgan fingerprint density at radius 3 is 2.87 bits per heavy atom. The molecule has 6 rings (SSSR count). The van der Waals surface area contributed by atoms with Crippen LogP contribution in [0, 0.1) is 0 Å². The van der Waals surface area contributed by atoms with Gasteiger partial charge in [-0.25, -0.2) is 4.98 Å². The summed E-state index contributed by atoms with van der Waals surface area (Å²) in [5.74, 6) is 1.12. The molecule has 1 saturated carbocycles. The number of aromatic nitrogens is 4. The van der Waals surface area contributed by atoms with Crippen LogP contribution in [0.15, 0.2) is 41.1 Å². The zero-order chi connectivity index (χ0) is 21.0. The lowest BCUT2D eigenvalue weighted by atomic mass is 10.0. The van der Waals surface area contributed by atoms with Gasteiger partial charge < -0.3 is 14.1 Å². The van der Waals surface area contributed by atoms with Crippen molar-refractivity contribution in [3.8, 4) is 11.5 Å². The van der Waals surface area contributed by atoms with Gasteiger partial charge >= 0.3 is 6.01 Å². The first-order valence-electron chi connectivity index (χ1n) is 10.9. The molecule has 3 aromatic rings. The first-order chi connectivity index (χ1) is 15.1. The van der Waals surface area contributed by atoms with Gasteiger partial charge in [-0.15, -0.1) is 5.10 Å². The third kappa shape index (κ3) is 3.33. The molecule has 3 heterocycles. The SMILES string of the molecule is CC1(C)COCCN1c1nnc(-c2ccc3c(c2)C(c2cncc(C4CC4)n2)=CC3)o1. The number of morpholine rings is 1. The Labute approximate surface area is 181 Å². The van der Waals surface area contributed by atoms with E-state index in [-0.39, 0.29) is 5.54 Å². The highest BCUT2D eigenvalue weighted by Gasteiger charge is 2.34. The average Bonchev–Trinajstić information content (AvgIpc) is 3.36. The van der Waals surface area contributed by atoms with E-state index in [1.807, 2.05) is 12.4 Å². The summed E-state index contributed by atoms with van der Waals surface area (Å²) in [6, 6.07) is 6.89. The van der Waals surface area contributed by atoms with Crippen LogP contribution in [0.25, 0.3) is 17.0 Å². The van der Waals surface area contributed by atoms with E-state index in [2.05, 4.69) is 58.2 Å². The number of fused-ring (bicyclic) bond motifs is 1. The number of hydrogen-bond donors (Lipinski definition) is 0. The predicted octanol–water partition coefficient (Wildman–Crippen LogP) is 4.01. The number of anilines is 1. The van der Waals surface area contributed by atoms with Gasteiger partial charge in [-0.05, 0) is 56.4 Å². The van der Waals surface area contributed by atoms with Crippen LogP contribution in [-0.4, -0.2) is 45.5 Å². The highest BCUT2D eigenvalue weighted by molar-refractivity contribution is 5.84. The Bertz CT molecular complexity index is 1180. The van der Waals surface area contributed by atoms with E-state index >= 15 is 0 Å². The molecule has 1 aliphatic heterocycles. The van der Waals surface area contributed by atoms with Gasteiger partial charge in [0.05, 0.1) is 36.3 Å². The summed E-state index contributed by atoms with van der Waals surface area (Å²) in [6.45, 7) is 6.29. The Morgan fingerprint density at radius 1 is 1.13 bits per heavy atom. The summed E-state index contributed by atoms with van der Waals surface area (Å²) < 4.78 is 11.7. The molecule has 0 bridgehead atoms. The minimum atomic E-state index is -0.179. The summed E-state index contributed by atoms with van der Waals surface area (Å²) in [5.41, 5.74) is 6.39. The quantitative estimate of drug-likeness (QED) is 0.637. The summed E-state index contributed by atoms with van der Waals surface area (Å²) in [7, 11) is 0. The third-order valence-corrected chi connectivity index (χ3v) is 6.39. The van der Waals surface area contributed by atoms with E-state index < -0.39 is 0 Å². The van der Waals surface area contributed by atoms with Crippen LogP contribution in [0.3, 0.4) is 0 Å². The molecule has 31 heavy (non-hydrogen) atoms. The molecular formula is C24H25N5O2. The van der Waals surface area contributed by atoms with E-state index in [1.165, 1.54) is 24.0 Å². The molecule has 7 heteroatoms. The standard InChI is InChI=1S/C24H25N5O2/c1-24(2)14-30-10-9-29(24)23-28-27-22(31-23)17-6-3-15-7-8-18(19(15)11-17)21-13-25-12-20(26-21)16-4-5-16/h3,6,8,11-13,16H,4-5,7,9-10,14H2,1-2H3. The van der Waals surface area contributed by atoms with Crippen LogP contribution in [0.1, 0.15) is 55.1 Å². The molecular weight excluding hydrogens is 390 g/mol. The molecule has 158 valence electrons. The van der Waals surface area contributed by atoms with Gasteiger partial charge in [-0.3, -0.25) is 4.98 Å². The van der Waals surface area contributed by atoms with Crippen LogP contribution in [0.2, 0.25) is 0 Å². The van der Waals surface area contributed by atoms with Crippen LogP contribution in [-0.2, 0) is 11.2 Å². The van der Waals surface area contributed by atoms with Crippen molar-refractivity contribution in [2.75, 3.05) is 24.7 Å². The van der Waals surface area contributed by atoms with Crippen molar-refractivity contribution in [1.29, 1.82) is 0 Å². The second kappa shape index (κ2) is 6.99. The first-order valence-corrected chi connectivity index (χ1v) is 10.9. The summed E-state index contributed by atoms with van der Waals surface area (Å²) in [5, 5.41) is 8.69. The lowest BCUT2D eigenvalue weighted by Gasteiger charge is -2.40. The van der Waals surface area contributed by atoms with Crippen LogP contribution < -0.4 is 4.90 Å². The fraction of sp³-hybridized carbons (Fsp3) is 0.417. The molecule has 1 saturated heterocycles. The maximum Gasteiger partial charge on any atom is 0.319 e. The van der Waals surface area contributed by atoms with Crippen molar-refractivity contribution in [1.82, 2.24) is 20.2 Å². The molecule has 2 fully saturated rings. The smallest absolute Gasteiger partial charge is 0.319 e. The fourth-order valence-electron chi connectivity index (χ4n) is 4.44. The summed E-state index contributed by atoms with van der Waals surface area (Å²) in [4.78, 5) is 11.5. The van der Waals surface area contributed by atoms with E-state index in [0.29, 0.717) is 31.0 Å². The van der Waals surface area contributed by atoms with E-state index in [0.717, 1.165) is 35.5 Å². The monoisotopic (exact) mass is 415 g/mol. The molecule has 7 nitrogen and oxygen atoms in total. The molecule has 2 aromatic heterocycles. The third-order valence-electron chi connectivity index (χ3n) is 6.39. The fourth-order valence-corrected chi connectivity index (χ4v) is 4.44. The highest BCUT2D eigenvalue weighted by Crippen LogP contribution is 2.40. The minimum Gasteiger partial charge on any atom is -0.403 e. The second-order valence-electron chi connectivity index (χ2n) is 9.20. The number of hydrogen-bond acceptors (Lipinski definition) is 7. The van der Waals surface area contributed by atoms with Crippen molar-refractivity contribution >= 4 is 11.6 Å². The number of allylic oxidation sites excluding steroid dienone is 1. The van der Waals surface area contributed by atoms with Gasteiger partial charge in [0.15, 0.2) is 0 Å². The van der Waals surface area contributed by atoms with Gasteiger partial charge in [0.25, 0.3) is 0 Å². The predicted molar refractivity (Wildman–Crippen MR) is 117 cm³/mol. The normalized spacial score (nSPS) is 19.9. The number of benzene rings is 1. The van der Waals surface area contributed by atoms with Gasteiger partial charge in [-0.2, -0.15) is 0 Å². The topological polar surface area (TPSA) is 77.2 Å². The lowest BCUT2D eigenvalue weighted by molar-refractivity contribution is 0.0612. The number of ether oxygens (including phenoxy) is 1. The Morgan fingerprint density at radius 2 is 2.03 bits per heavy atom. The molecule has 0 atom stereocenters. The second-order valence-corrected chi connectivity index (χ2v) is 9.20. The first kappa shape index (κ1) is 18.7. The molecule has 3 aliphatic rings. The average molecular weight is 415 g/mol. The lowest BCUT2D eigenvalue weighted by Crippen LogP contribution is -2.53. The minimum absolute atomic E-state index is 0.179. The largest absolute Gasteiger partial charge is 0.403 e. The number of nitrogens with zero attached hydrogens (tertiary/aromatic N) is 5. The van der Waals surface area contributed by atoms with Crippen molar-refractivity contribution in [3.63, 3.8) is 0 Å². The Balaban J connectivity index is 1.32. The van der Waals surface area contributed by atoms with Crippen molar-refractivity contribution in [3.05, 3.63) is 59.2 Å². The van der Waals surface area contributed by atoms with Gasteiger partial charge in [0.1, 0.15) is 0 Å². The molecule has 0 amide bonds. The number of rotatable bonds is 4. The van der Waals surface area contributed by atoms with Crippen LogP contribution in [0.5, 0.6) is 0 Å². The van der Waals surface area contributed by atoms with Crippen molar-refractivity contribution in [2.45, 2.75) is 44.6 Å². The molecule has 0 spiro atoms. The molecule has 2 aliphatic carbocycles. The maximum atomic E-state index is 6.11. The zero-order valence-corrected chi connectivity index (χ0v) is 17.8. The van der Waals surface area contributed by atoms with E-state index in [1.54, 1.807) is 0 Å². The van der Waals surface area contributed by atoms with Gasteiger partial charge in [-0.1, -0.05) is 17.2 Å². The molecule has 1 aromatic carbocycles. The van der Waals surface area contributed by atoms with Crippen LogP contribution >= 0.6 is 0 Å².